The summed E-state index contributed by atoms with van der Waals surface area (Å²) in [4.78, 5) is 30.3. The lowest BCUT2D eigenvalue weighted by Gasteiger charge is -2.39. The number of benzene rings is 2. The maximum atomic E-state index is 14.4. The van der Waals surface area contributed by atoms with E-state index in [1.165, 1.54) is 0 Å². The third-order valence-electron chi connectivity index (χ3n) is 10.8. The molecule has 2 fully saturated rings. The predicted octanol–water partition coefficient (Wildman–Crippen LogP) is 5.64. The van der Waals surface area contributed by atoms with Gasteiger partial charge in [-0.3, -0.25) is 9.59 Å². The van der Waals surface area contributed by atoms with Crippen LogP contribution in [0.1, 0.15) is 43.7 Å². The van der Waals surface area contributed by atoms with Gasteiger partial charge in [0.05, 0.1) is 33.3 Å². The summed E-state index contributed by atoms with van der Waals surface area (Å²) in [6, 6.07) is 13.0. The topological polar surface area (TPSA) is 85.3 Å². The standard InChI is InChI=1S/C37H45NO6/c1-5-24-10-15-29-31-16-22(2)6-14-30(31)37-36(29)35(24)32(40)19-34(41)38(20-25-9-13-28(42-3)18-33(25)43-4)26(21-39)17-23-7-11-27(44-37)12-8-23/h5,7-13,15,18,22,24,26,29-31,35-37,39H,1,6,14,16-17,19-21H2,2-4H3/t22-,24+,26+,29+,30-,31+,35-,36+,37+/m1/s1. The van der Waals surface area contributed by atoms with Crippen molar-refractivity contribution < 1.29 is 28.9 Å². The lowest BCUT2D eigenvalue weighted by Crippen LogP contribution is -2.47. The van der Waals surface area contributed by atoms with Crippen LogP contribution in [-0.4, -0.2) is 54.7 Å². The van der Waals surface area contributed by atoms with Crippen molar-refractivity contribution in [1.29, 1.82) is 0 Å². The Morgan fingerprint density at radius 3 is 2.55 bits per heavy atom. The van der Waals surface area contributed by atoms with E-state index in [0.717, 1.165) is 36.1 Å². The number of amides is 1. The summed E-state index contributed by atoms with van der Waals surface area (Å²) in [6.45, 7) is 6.38. The number of hydrogen-bond acceptors (Lipinski definition) is 6. The van der Waals surface area contributed by atoms with Gasteiger partial charge in [0.1, 0.15) is 29.1 Å². The Morgan fingerprint density at radius 1 is 1.05 bits per heavy atom. The molecule has 7 heteroatoms. The van der Waals surface area contributed by atoms with Crippen LogP contribution in [0, 0.1) is 41.4 Å². The zero-order valence-electron chi connectivity index (χ0n) is 26.1. The zero-order chi connectivity index (χ0) is 31.0. The lowest BCUT2D eigenvalue weighted by molar-refractivity contribution is -0.141. The number of fused-ring (bicyclic) bond motifs is 9. The number of aliphatic hydroxyl groups excluding tert-OH is 1. The molecule has 9 atom stereocenters. The Bertz CT molecular complexity index is 1400. The second-order valence-corrected chi connectivity index (χ2v) is 13.2. The molecule has 0 radical (unpaired) electrons. The van der Waals surface area contributed by atoms with Crippen molar-refractivity contribution in [2.24, 2.45) is 41.4 Å². The minimum absolute atomic E-state index is 0.0324. The number of ketones is 1. The number of rotatable bonds is 6. The molecule has 44 heavy (non-hydrogen) atoms. The van der Waals surface area contributed by atoms with Gasteiger partial charge >= 0.3 is 0 Å². The van der Waals surface area contributed by atoms with Crippen molar-refractivity contribution in [3.8, 4) is 17.2 Å². The Balaban J connectivity index is 1.41. The van der Waals surface area contributed by atoms with Crippen molar-refractivity contribution in [1.82, 2.24) is 4.90 Å². The van der Waals surface area contributed by atoms with Crippen LogP contribution in [0.2, 0.25) is 0 Å². The molecule has 5 aliphatic rings. The third kappa shape index (κ3) is 5.67. The molecule has 0 aromatic heterocycles. The zero-order valence-corrected chi connectivity index (χ0v) is 26.1. The highest BCUT2D eigenvalue weighted by Gasteiger charge is 2.58. The average molecular weight is 600 g/mol. The number of hydrogen-bond donors (Lipinski definition) is 1. The molecule has 2 aliphatic heterocycles. The fraction of sp³-hybridized carbons (Fsp3) is 0.514. The van der Waals surface area contributed by atoms with Crippen molar-refractivity contribution in [2.45, 2.75) is 57.7 Å². The summed E-state index contributed by atoms with van der Waals surface area (Å²) >= 11 is 0. The maximum Gasteiger partial charge on any atom is 0.230 e. The van der Waals surface area contributed by atoms with Gasteiger partial charge in [-0.2, -0.15) is 0 Å². The highest BCUT2D eigenvalue weighted by Crippen LogP contribution is 2.57. The molecule has 234 valence electrons. The van der Waals surface area contributed by atoms with Crippen LogP contribution in [0.25, 0.3) is 0 Å². The number of allylic oxidation sites excluding steroid dienone is 3. The lowest BCUT2D eigenvalue weighted by atomic mass is 9.66. The Labute approximate surface area is 260 Å². The van der Waals surface area contributed by atoms with E-state index in [0.29, 0.717) is 35.7 Å². The van der Waals surface area contributed by atoms with E-state index < -0.39 is 12.0 Å². The van der Waals surface area contributed by atoms with E-state index in [1.807, 2.05) is 42.5 Å². The van der Waals surface area contributed by atoms with Gasteiger partial charge in [-0.1, -0.05) is 43.7 Å². The van der Waals surface area contributed by atoms with Crippen molar-refractivity contribution in [3.05, 3.63) is 78.4 Å². The Kier molecular flexibility index (Phi) is 8.86. The largest absolute Gasteiger partial charge is 0.497 e. The molecule has 2 aromatic carbocycles. The first kappa shape index (κ1) is 30.4. The number of Topliss-reactive ketones (excluding diaryl/α,β-unsaturated/α-hetero) is 1. The van der Waals surface area contributed by atoms with Gasteiger partial charge in [-0.15, -0.1) is 6.58 Å². The minimum atomic E-state index is -0.533. The second kappa shape index (κ2) is 12.8. The van der Waals surface area contributed by atoms with Crippen LogP contribution >= 0.6 is 0 Å². The SMILES string of the molecule is C=C[C@H]1C=C[C@H]2[C@@H]3C[C@H](C)CC[C@H]3[C@@H]3Oc4ccc(cc4)C[C@@H](CO)N(Cc4ccc(OC)cc4OC)C(=O)CC(=O)[C@@H]1[C@H]23. The van der Waals surface area contributed by atoms with Crippen molar-refractivity contribution >= 4 is 11.7 Å². The molecule has 2 bridgehead atoms. The molecule has 0 saturated heterocycles. The number of methoxy groups -OCH3 is 2. The van der Waals surface area contributed by atoms with E-state index in [9.17, 15) is 14.7 Å². The quantitative estimate of drug-likeness (QED) is 0.342. The van der Waals surface area contributed by atoms with E-state index in [4.69, 9.17) is 14.2 Å². The summed E-state index contributed by atoms with van der Waals surface area (Å²) in [5, 5.41) is 10.6. The molecule has 0 spiro atoms. The van der Waals surface area contributed by atoms with E-state index >= 15 is 0 Å². The highest BCUT2D eigenvalue weighted by molar-refractivity contribution is 6.00. The molecule has 1 N–H and O–H groups in total. The number of carbonyl (C=O) groups is 2. The average Bonchev–Trinajstić information content (AvgIpc) is 3.34. The molecule has 7 rings (SSSR count). The Hall–Kier alpha value is -3.58. The Morgan fingerprint density at radius 2 is 1.84 bits per heavy atom. The van der Waals surface area contributed by atoms with Gasteiger partial charge in [-0.25, -0.2) is 0 Å². The first-order valence-corrected chi connectivity index (χ1v) is 16.1. The fourth-order valence-corrected chi connectivity index (χ4v) is 8.62. The molecule has 2 heterocycles. The molecule has 0 unspecified atom stereocenters. The van der Waals surface area contributed by atoms with Crippen LogP contribution in [-0.2, 0) is 22.6 Å². The third-order valence-corrected chi connectivity index (χ3v) is 10.8. The number of ether oxygens (including phenoxy) is 3. The normalized spacial score (nSPS) is 33.2. The summed E-state index contributed by atoms with van der Waals surface area (Å²) in [5.41, 5.74) is 1.76. The smallest absolute Gasteiger partial charge is 0.230 e. The van der Waals surface area contributed by atoms with Gasteiger partial charge in [0.15, 0.2) is 0 Å². The van der Waals surface area contributed by atoms with E-state index in [-0.39, 0.29) is 55.1 Å². The molecular formula is C37H45NO6. The molecule has 7 nitrogen and oxygen atoms in total. The monoisotopic (exact) mass is 599 g/mol. The van der Waals surface area contributed by atoms with Crippen LogP contribution < -0.4 is 14.2 Å². The first-order chi connectivity index (χ1) is 21.3. The fourth-order valence-electron chi connectivity index (χ4n) is 8.62. The predicted molar refractivity (Wildman–Crippen MR) is 168 cm³/mol. The molecule has 2 aromatic rings. The number of nitrogens with zero attached hydrogens (tertiary/aromatic N) is 1. The van der Waals surface area contributed by atoms with Gasteiger partial charge in [-0.05, 0) is 72.8 Å². The van der Waals surface area contributed by atoms with Gasteiger partial charge in [0, 0.05) is 35.9 Å². The molecular weight excluding hydrogens is 554 g/mol. The molecule has 2 saturated carbocycles. The van der Waals surface area contributed by atoms with Crippen LogP contribution in [0.5, 0.6) is 17.2 Å². The van der Waals surface area contributed by atoms with Crippen LogP contribution in [0.3, 0.4) is 0 Å². The van der Waals surface area contributed by atoms with Gasteiger partial charge in [0.25, 0.3) is 0 Å². The first-order valence-electron chi connectivity index (χ1n) is 16.1. The summed E-state index contributed by atoms with van der Waals surface area (Å²) in [6.07, 6.45) is 9.80. The molecule has 1 amide bonds. The maximum absolute atomic E-state index is 14.4. The van der Waals surface area contributed by atoms with Gasteiger partial charge < -0.3 is 24.2 Å². The van der Waals surface area contributed by atoms with Crippen LogP contribution in [0.15, 0.2) is 67.3 Å². The summed E-state index contributed by atoms with van der Waals surface area (Å²) in [5.74, 6) is 2.75. The summed E-state index contributed by atoms with van der Waals surface area (Å²) < 4.78 is 17.9. The van der Waals surface area contributed by atoms with E-state index in [2.05, 4.69) is 25.7 Å². The second-order valence-electron chi connectivity index (χ2n) is 13.2. The number of carbonyl (C=O) groups excluding carboxylic acids is 2. The van der Waals surface area contributed by atoms with Crippen molar-refractivity contribution in [3.63, 3.8) is 0 Å². The van der Waals surface area contributed by atoms with Crippen molar-refractivity contribution in [2.75, 3.05) is 20.8 Å². The van der Waals surface area contributed by atoms with E-state index in [1.54, 1.807) is 25.2 Å². The molecule has 3 aliphatic carbocycles. The number of aliphatic hydroxyl groups is 1. The minimum Gasteiger partial charge on any atom is -0.497 e. The highest BCUT2D eigenvalue weighted by atomic mass is 16.5. The van der Waals surface area contributed by atoms with Gasteiger partial charge in [0.2, 0.25) is 5.91 Å². The van der Waals surface area contributed by atoms with Crippen LogP contribution in [0.4, 0.5) is 0 Å². The summed E-state index contributed by atoms with van der Waals surface area (Å²) in [7, 11) is 3.17.